The number of rotatable bonds is 7. The van der Waals surface area contributed by atoms with Gasteiger partial charge in [0.1, 0.15) is 30.1 Å². The third-order valence-electron chi connectivity index (χ3n) is 4.37. The molecule has 0 aliphatic carbocycles. The number of hydrogen-bond donors (Lipinski definition) is 4. The molecule has 13 nitrogen and oxygen atoms in total. The van der Waals surface area contributed by atoms with Gasteiger partial charge in [-0.15, -0.1) is 11.8 Å². The smallest absolute Gasteiger partial charge is 0.481 e. The summed E-state index contributed by atoms with van der Waals surface area (Å²) in [6, 6.07) is -0.841. The zero-order chi connectivity index (χ0) is 25.8. The van der Waals surface area contributed by atoms with Gasteiger partial charge in [-0.05, 0) is 0 Å². The Balaban J connectivity index is 0.000000509. The van der Waals surface area contributed by atoms with Gasteiger partial charge in [0.05, 0.1) is 0 Å². The number of ether oxygens (including phenoxy) is 1. The van der Waals surface area contributed by atoms with E-state index in [-0.39, 0.29) is 18.1 Å². The normalized spacial score (nSPS) is 22.4. The van der Waals surface area contributed by atoms with Crippen molar-refractivity contribution in [3.05, 3.63) is 11.3 Å². The molecular formula is C17H17F3N4O9S. The van der Waals surface area contributed by atoms with E-state index in [0.717, 1.165) is 4.90 Å². The van der Waals surface area contributed by atoms with Crippen molar-refractivity contribution in [1.82, 2.24) is 10.2 Å². The molecule has 0 radical (unpaired) electrons. The van der Waals surface area contributed by atoms with Crippen molar-refractivity contribution in [2.75, 3.05) is 12.4 Å². The van der Waals surface area contributed by atoms with Crippen LogP contribution in [0.4, 0.5) is 13.2 Å². The summed E-state index contributed by atoms with van der Waals surface area (Å²) in [5.74, 6) is -7.52. The second-order valence-corrected chi connectivity index (χ2v) is 7.92. The number of β-lactam (4-membered cyclic amide) rings is 1. The summed E-state index contributed by atoms with van der Waals surface area (Å²) in [7, 11) is 0. The van der Waals surface area contributed by atoms with Crippen molar-refractivity contribution in [3.8, 4) is 0 Å². The summed E-state index contributed by atoms with van der Waals surface area (Å²) in [6.45, 7) is 0.995. The molecular weight excluding hydrogens is 493 g/mol. The molecule has 3 rings (SSSR count). The Morgan fingerprint density at radius 2 is 1.79 bits per heavy atom. The number of aliphatic imine (C=N–C) groups is 2. The Hall–Kier alpha value is -3.47. The molecule has 3 heterocycles. The zero-order valence-electron chi connectivity index (χ0n) is 17.1. The highest BCUT2D eigenvalue weighted by Gasteiger charge is 2.56. The fraction of sp³-hybridized carbons (Fsp3) is 0.471. The van der Waals surface area contributed by atoms with Crippen LogP contribution in [0, 0.1) is 0 Å². The number of aliphatic carboxylic acids is 3. The Bertz CT molecular complexity index is 983. The minimum Gasteiger partial charge on any atom is -0.481 e. The largest absolute Gasteiger partial charge is 0.490 e. The van der Waals surface area contributed by atoms with Gasteiger partial charge in [0.2, 0.25) is 11.7 Å². The van der Waals surface area contributed by atoms with Gasteiger partial charge in [-0.3, -0.25) is 24.6 Å². The van der Waals surface area contributed by atoms with E-state index in [2.05, 4.69) is 15.3 Å². The first-order valence-corrected chi connectivity index (χ1v) is 10.2. The number of amides is 1. The predicted octanol–water partition coefficient (Wildman–Crippen LogP) is -0.321. The van der Waals surface area contributed by atoms with E-state index < -0.39 is 59.6 Å². The number of carbonyl (C=O) groups excluding carboxylic acids is 2. The molecule has 186 valence electrons. The summed E-state index contributed by atoms with van der Waals surface area (Å²) >= 11 is 1.29. The summed E-state index contributed by atoms with van der Waals surface area (Å²) in [5.41, 5.74) is 0.108. The number of nitrogens with zero attached hydrogens (tertiary/aromatic N) is 3. The molecule has 1 unspecified atom stereocenters. The Labute approximate surface area is 192 Å². The van der Waals surface area contributed by atoms with Crippen LogP contribution in [0.25, 0.3) is 0 Å². The standard InChI is InChI=1S/C15H16N4O7S.C2HF3O2/c1-7(20)26-5-8-6-27-13-10(12(23)19(13)11(8)14(24)25)18-15(4-9(21)22)16-2-3-17-15;3-2(4,5)1(6)7/h2-3,10,13,18H,4-6H2,1H3,(H,21,22)(H,24,25);(H,6,7)/t10?,13-;/m1./s1. The summed E-state index contributed by atoms with van der Waals surface area (Å²) in [6.07, 6.45) is -2.87. The van der Waals surface area contributed by atoms with Crippen molar-refractivity contribution >= 4 is 54.0 Å². The highest BCUT2D eigenvalue weighted by molar-refractivity contribution is 8.00. The lowest BCUT2D eigenvalue weighted by Crippen LogP contribution is -2.72. The highest BCUT2D eigenvalue weighted by Crippen LogP contribution is 2.41. The highest BCUT2D eigenvalue weighted by atomic mass is 32.2. The molecule has 3 aliphatic heterocycles. The lowest BCUT2D eigenvalue weighted by Gasteiger charge is -2.51. The van der Waals surface area contributed by atoms with Crippen LogP contribution in [0.15, 0.2) is 21.3 Å². The topological polar surface area (TPSA) is 195 Å². The van der Waals surface area contributed by atoms with Crippen molar-refractivity contribution in [1.29, 1.82) is 0 Å². The van der Waals surface area contributed by atoms with Gasteiger partial charge < -0.3 is 20.1 Å². The maximum atomic E-state index is 12.6. The molecule has 0 aromatic carbocycles. The van der Waals surface area contributed by atoms with Crippen LogP contribution in [0.2, 0.25) is 0 Å². The molecule has 3 aliphatic rings. The first kappa shape index (κ1) is 26.8. The molecule has 4 N–H and O–H groups in total. The van der Waals surface area contributed by atoms with Crippen molar-refractivity contribution in [2.45, 2.75) is 36.7 Å². The van der Waals surface area contributed by atoms with Crippen LogP contribution in [-0.2, 0) is 28.7 Å². The van der Waals surface area contributed by atoms with Crippen LogP contribution in [0.1, 0.15) is 13.3 Å². The Kier molecular flexibility index (Phi) is 8.04. The molecule has 17 heteroatoms. The molecule has 0 aromatic heterocycles. The Morgan fingerprint density at radius 3 is 2.24 bits per heavy atom. The van der Waals surface area contributed by atoms with E-state index >= 15 is 0 Å². The number of carboxylic acid groups (broad SMARTS) is 3. The average Bonchev–Trinajstić information content (AvgIpc) is 3.16. The van der Waals surface area contributed by atoms with E-state index in [1.807, 2.05) is 0 Å². The fourth-order valence-corrected chi connectivity index (χ4v) is 4.33. The second-order valence-electron chi connectivity index (χ2n) is 6.82. The number of esters is 1. The number of fused-ring (bicyclic) bond motifs is 1. The molecule has 1 amide bonds. The van der Waals surface area contributed by atoms with E-state index in [1.165, 1.54) is 31.1 Å². The number of halogens is 3. The van der Waals surface area contributed by atoms with Gasteiger partial charge >= 0.3 is 30.1 Å². The monoisotopic (exact) mass is 510 g/mol. The lowest BCUT2D eigenvalue weighted by atomic mass is 10.0. The number of alkyl halides is 3. The molecule has 1 fully saturated rings. The van der Waals surface area contributed by atoms with Gasteiger partial charge in [-0.2, -0.15) is 13.2 Å². The number of thioether (sulfide) groups is 1. The van der Waals surface area contributed by atoms with Gasteiger partial charge in [-0.1, -0.05) is 0 Å². The maximum absolute atomic E-state index is 12.6. The number of carboxylic acids is 3. The summed E-state index contributed by atoms with van der Waals surface area (Å²) in [4.78, 5) is 64.4. The Morgan fingerprint density at radius 1 is 1.24 bits per heavy atom. The third kappa shape index (κ3) is 6.10. The predicted molar refractivity (Wildman–Crippen MR) is 107 cm³/mol. The number of hydrogen-bond acceptors (Lipinski definition) is 10. The number of carbonyl (C=O) groups is 5. The van der Waals surface area contributed by atoms with Gasteiger partial charge in [0, 0.05) is 30.7 Å². The van der Waals surface area contributed by atoms with Crippen molar-refractivity contribution < 1.29 is 57.2 Å². The van der Waals surface area contributed by atoms with E-state index in [1.54, 1.807) is 0 Å². The molecule has 0 bridgehead atoms. The zero-order valence-corrected chi connectivity index (χ0v) is 17.9. The molecule has 0 saturated carbocycles. The van der Waals surface area contributed by atoms with Gasteiger partial charge in [-0.25, -0.2) is 19.6 Å². The summed E-state index contributed by atoms with van der Waals surface area (Å²) in [5, 5.41) is 28.0. The minimum absolute atomic E-state index is 0.212. The van der Waals surface area contributed by atoms with Crippen LogP contribution < -0.4 is 5.32 Å². The summed E-state index contributed by atoms with van der Waals surface area (Å²) < 4.78 is 36.6. The van der Waals surface area contributed by atoms with E-state index in [4.69, 9.17) is 19.7 Å². The first-order valence-electron chi connectivity index (χ1n) is 9.10. The molecule has 0 spiro atoms. The number of nitrogens with one attached hydrogen (secondary N) is 1. The molecule has 0 aromatic rings. The molecule has 34 heavy (non-hydrogen) atoms. The van der Waals surface area contributed by atoms with Crippen LogP contribution >= 0.6 is 11.8 Å². The SMILES string of the molecule is CC(=O)OCC1=C(C(=O)O)N2C(=O)C(NC3(CC(=O)O)N=CC=N3)[C@H]2SC1.O=C(O)C(F)(F)F. The van der Waals surface area contributed by atoms with E-state index in [9.17, 15) is 37.5 Å². The fourth-order valence-electron chi connectivity index (χ4n) is 3.01. The minimum atomic E-state index is -5.08. The third-order valence-corrected chi connectivity index (χ3v) is 5.71. The second kappa shape index (κ2) is 10.2. The van der Waals surface area contributed by atoms with Gasteiger partial charge in [0.15, 0.2) is 0 Å². The van der Waals surface area contributed by atoms with Crippen molar-refractivity contribution in [3.63, 3.8) is 0 Å². The van der Waals surface area contributed by atoms with Crippen LogP contribution in [0.5, 0.6) is 0 Å². The average molecular weight is 510 g/mol. The van der Waals surface area contributed by atoms with Crippen LogP contribution in [0.3, 0.4) is 0 Å². The quantitative estimate of drug-likeness (QED) is 0.259. The lowest BCUT2D eigenvalue weighted by molar-refractivity contribution is -0.192. The van der Waals surface area contributed by atoms with Gasteiger partial charge in [0.25, 0.3) is 0 Å². The van der Waals surface area contributed by atoms with Crippen molar-refractivity contribution in [2.24, 2.45) is 9.98 Å². The van der Waals surface area contributed by atoms with E-state index in [0.29, 0.717) is 5.57 Å². The molecule has 2 atom stereocenters. The van der Waals surface area contributed by atoms with Crippen LogP contribution in [-0.4, -0.2) is 98.2 Å². The first-order chi connectivity index (χ1) is 15.7. The maximum Gasteiger partial charge on any atom is 0.490 e. The molecule has 1 saturated heterocycles.